The van der Waals surface area contributed by atoms with Crippen molar-refractivity contribution in [1.29, 1.82) is 0 Å². The lowest BCUT2D eigenvalue weighted by Gasteiger charge is -2.28. The zero-order valence-electron chi connectivity index (χ0n) is 39.9. The van der Waals surface area contributed by atoms with Gasteiger partial charge >= 0.3 is 0 Å². The normalized spacial score (nSPS) is 16.1. The fraction of sp³-hybridized carbons (Fsp3) is 0.259. The number of allylic oxidation sites excluding steroid dienone is 1. The van der Waals surface area contributed by atoms with Gasteiger partial charge in [0.1, 0.15) is 13.2 Å². The maximum atomic E-state index is 14.2. The molecule has 16 nitrogen and oxygen atoms in total. The van der Waals surface area contributed by atoms with E-state index < -0.39 is 4.75 Å². The average molecular weight is 1010 g/mol. The van der Waals surface area contributed by atoms with E-state index in [1.807, 2.05) is 67.6 Å². The molecule has 9 rings (SSSR count). The number of benzene rings is 5. The van der Waals surface area contributed by atoms with Crippen LogP contribution < -0.4 is 50.4 Å². The third kappa shape index (κ3) is 10.4. The van der Waals surface area contributed by atoms with Gasteiger partial charge in [-0.05, 0) is 97.0 Å². The Morgan fingerprint density at radius 1 is 0.833 bits per heavy atom. The molecule has 5 aromatic rings. The zero-order chi connectivity index (χ0) is 50.7. The molecule has 7 N–H and O–H groups in total. The summed E-state index contributed by atoms with van der Waals surface area (Å²) in [5.41, 5.74) is 12.0. The van der Waals surface area contributed by atoms with Crippen molar-refractivity contribution >= 4 is 73.7 Å². The first-order valence-corrected chi connectivity index (χ1v) is 25.6. The minimum atomic E-state index is -0.428. The van der Waals surface area contributed by atoms with Gasteiger partial charge in [0.15, 0.2) is 28.9 Å². The van der Waals surface area contributed by atoms with Gasteiger partial charge in [-0.3, -0.25) is 24.1 Å². The largest absolute Gasteiger partial charge is 0.495 e. The van der Waals surface area contributed by atoms with Gasteiger partial charge in [-0.25, -0.2) is 0 Å². The second-order valence-corrected chi connectivity index (χ2v) is 20.8. The molecule has 0 unspecified atom stereocenters. The van der Waals surface area contributed by atoms with Crippen LogP contribution in [-0.2, 0) is 35.6 Å². The molecule has 4 heterocycles. The molecule has 5 aromatic carbocycles. The highest BCUT2D eigenvalue weighted by Gasteiger charge is 2.38. The van der Waals surface area contributed by atoms with Crippen molar-refractivity contribution in [2.75, 3.05) is 45.7 Å². The monoisotopic (exact) mass is 1010 g/mol. The Kier molecular flexibility index (Phi) is 14.3. The summed E-state index contributed by atoms with van der Waals surface area (Å²) in [7, 11) is 6.16. The maximum Gasteiger partial charge on any atom is 0.265 e. The summed E-state index contributed by atoms with van der Waals surface area (Å²) in [5.74, 6) is 0.403. The molecule has 18 heteroatoms. The molecule has 0 aliphatic carbocycles. The number of nitrogens with two attached hydrogens (primary N) is 1. The minimum Gasteiger partial charge on any atom is -0.495 e. The molecular formula is C54H54N6O10S2. The number of primary amides is 1. The highest BCUT2D eigenvalue weighted by atomic mass is 33.1. The molecule has 0 aromatic heterocycles. The third-order valence-electron chi connectivity index (χ3n) is 12.8. The number of hydrogen-bond donors (Lipinski definition) is 6. The van der Waals surface area contributed by atoms with Crippen molar-refractivity contribution < 1.29 is 48.3 Å². The van der Waals surface area contributed by atoms with Crippen LogP contribution in [0.25, 0.3) is 0 Å². The molecule has 72 heavy (non-hydrogen) atoms. The van der Waals surface area contributed by atoms with Crippen molar-refractivity contribution in [3.8, 4) is 23.0 Å². The van der Waals surface area contributed by atoms with Crippen LogP contribution >= 0.6 is 21.6 Å². The number of rotatable bonds is 19. The van der Waals surface area contributed by atoms with Crippen LogP contribution in [0.4, 0.5) is 28.4 Å². The van der Waals surface area contributed by atoms with Gasteiger partial charge in [-0.15, -0.1) is 6.58 Å². The summed E-state index contributed by atoms with van der Waals surface area (Å²) < 4.78 is 23.9. The number of nitrogens with zero attached hydrogens (tertiary/aromatic N) is 2. The van der Waals surface area contributed by atoms with Gasteiger partial charge in [0.25, 0.3) is 11.8 Å². The Hall–Kier alpha value is -7.70. The number of fused-ring (bicyclic) bond motifs is 8. The van der Waals surface area contributed by atoms with E-state index in [-0.39, 0.29) is 95.2 Å². The zero-order valence-corrected chi connectivity index (χ0v) is 41.5. The number of aliphatic hydroxyl groups excluding tert-OH is 2. The number of ether oxygens (including phenoxy) is 4. The molecule has 4 aliphatic heterocycles. The summed E-state index contributed by atoms with van der Waals surface area (Å²) in [6, 6.07) is 26.6. The van der Waals surface area contributed by atoms with E-state index >= 15 is 0 Å². The number of hydrogen-bond acceptors (Lipinski definition) is 14. The summed E-state index contributed by atoms with van der Waals surface area (Å²) in [4.78, 5) is 56.4. The third-order valence-corrected chi connectivity index (χ3v) is 16.1. The van der Waals surface area contributed by atoms with Crippen molar-refractivity contribution in [2.24, 2.45) is 5.73 Å². The molecular weight excluding hydrogens is 957 g/mol. The standard InChI is InChI=1S/C54H54N6O10S2/c1-5-54(2,72-71-18-10-15-48(55)61)17-16-49(62)56-35-20-31(29-69-46-27-39-37(25-44(46)67-3)52(65)59-36(24-50(63)57-39)22-33-11-6-8-13-41(33)59)19-32(21-35)30-70-47-28-40-38(26-45(47)68-4)53(66)60-42-14-9-7-12-34(42)23-43(60)51(64)58-40/h5-9,11-14,19-21,24-28,36,57-58,63-64H,1,10,15-18,22-23,29-30H2,2-4H3,(H2,55,61)(H,56,62)/t36-,54+/m0/s1. The van der Waals surface area contributed by atoms with Crippen LogP contribution in [0.5, 0.6) is 23.0 Å². The number of methoxy groups -OCH3 is 2. The highest BCUT2D eigenvalue weighted by molar-refractivity contribution is 8.77. The number of nitrogens with one attached hydrogen (secondary N) is 3. The second kappa shape index (κ2) is 20.9. The van der Waals surface area contributed by atoms with E-state index in [1.165, 1.54) is 19.1 Å². The summed E-state index contributed by atoms with van der Waals surface area (Å²) in [6.45, 7) is 5.98. The summed E-state index contributed by atoms with van der Waals surface area (Å²) in [6.07, 6.45) is 6.00. The van der Waals surface area contributed by atoms with Crippen molar-refractivity contribution in [1.82, 2.24) is 0 Å². The van der Waals surface area contributed by atoms with E-state index in [9.17, 15) is 29.4 Å². The van der Waals surface area contributed by atoms with Gasteiger partial charge in [0.2, 0.25) is 17.7 Å². The van der Waals surface area contributed by atoms with E-state index in [0.717, 1.165) is 22.6 Å². The maximum absolute atomic E-state index is 14.2. The van der Waals surface area contributed by atoms with E-state index in [1.54, 1.807) is 69.0 Å². The number of anilines is 5. The van der Waals surface area contributed by atoms with Crippen molar-refractivity contribution in [3.05, 3.63) is 161 Å². The van der Waals surface area contributed by atoms with Gasteiger partial charge in [0.05, 0.1) is 54.1 Å². The van der Waals surface area contributed by atoms with Crippen LogP contribution in [0.1, 0.15) is 75.6 Å². The predicted molar refractivity (Wildman–Crippen MR) is 281 cm³/mol. The smallest absolute Gasteiger partial charge is 0.265 e. The van der Waals surface area contributed by atoms with Crippen LogP contribution in [-0.4, -0.2) is 64.6 Å². The molecule has 2 atom stereocenters. The van der Waals surface area contributed by atoms with Gasteiger partial charge < -0.3 is 55.7 Å². The molecule has 4 amide bonds. The molecule has 0 saturated heterocycles. The second-order valence-electron chi connectivity index (χ2n) is 17.9. The van der Waals surface area contributed by atoms with Crippen molar-refractivity contribution in [3.63, 3.8) is 0 Å². The number of amides is 4. The van der Waals surface area contributed by atoms with Gasteiger partial charge in [-0.2, -0.15) is 0 Å². The molecule has 0 saturated carbocycles. The Balaban J connectivity index is 0.970. The number of carbonyl (C=O) groups is 4. The number of aliphatic hydroxyl groups is 2. The van der Waals surface area contributed by atoms with Crippen LogP contribution in [0.2, 0.25) is 0 Å². The van der Waals surface area contributed by atoms with Crippen LogP contribution in [0.15, 0.2) is 127 Å². The number of para-hydroxylation sites is 2. The van der Waals surface area contributed by atoms with Gasteiger partial charge in [0, 0.05) is 53.3 Å². The fourth-order valence-electron chi connectivity index (χ4n) is 9.12. The Morgan fingerprint density at radius 3 is 2.11 bits per heavy atom. The van der Waals surface area contributed by atoms with Crippen molar-refractivity contribution in [2.45, 2.75) is 69.5 Å². The lowest BCUT2D eigenvalue weighted by atomic mass is 10.0. The molecule has 4 aliphatic rings. The van der Waals surface area contributed by atoms with E-state index in [0.29, 0.717) is 71.7 Å². The molecule has 0 spiro atoms. The minimum absolute atomic E-state index is 0.0229. The highest BCUT2D eigenvalue weighted by Crippen LogP contribution is 2.45. The first-order chi connectivity index (χ1) is 34.7. The summed E-state index contributed by atoms with van der Waals surface area (Å²) in [5, 5.41) is 31.4. The van der Waals surface area contributed by atoms with Crippen LogP contribution in [0.3, 0.4) is 0 Å². The fourth-order valence-corrected chi connectivity index (χ4v) is 11.9. The average Bonchev–Trinajstić information content (AvgIpc) is 3.91. The predicted octanol–water partition coefficient (Wildman–Crippen LogP) is 9.92. The number of carbonyl (C=O) groups excluding carboxylic acids is 4. The topological polar surface area (TPSA) is 214 Å². The Morgan fingerprint density at radius 2 is 1.46 bits per heavy atom. The SMILES string of the molecule is C=C[C@](C)(CCC(=O)Nc1cc(COc2cc3c(cc2OC)C(=O)N2C(=C(O)N3)Cc3ccccc32)cc(COc2cc3c(cc2OC)C(=O)N2c4ccccc4C[C@H]2C=C(O)N3)c1)SSCCCC(N)=O. The molecule has 372 valence electrons. The lowest BCUT2D eigenvalue weighted by Crippen LogP contribution is -2.38. The molecule has 0 fully saturated rings. The van der Waals surface area contributed by atoms with E-state index in [2.05, 4.69) is 22.5 Å². The molecule has 0 bridgehead atoms. The quantitative estimate of drug-likeness (QED) is 0.0258. The first-order valence-electron chi connectivity index (χ1n) is 23.3. The first kappa shape index (κ1) is 49.3. The van der Waals surface area contributed by atoms with Gasteiger partial charge in [-0.1, -0.05) is 64.1 Å². The van der Waals surface area contributed by atoms with Crippen LogP contribution in [0, 0.1) is 0 Å². The Labute approximate surface area is 424 Å². The van der Waals surface area contributed by atoms with E-state index in [4.69, 9.17) is 24.7 Å². The summed E-state index contributed by atoms with van der Waals surface area (Å²) >= 11 is 0. The Bertz CT molecular complexity index is 3070. The molecule has 0 radical (unpaired) electrons. The lowest BCUT2D eigenvalue weighted by molar-refractivity contribution is -0.118.